The number of fused-ring (bicyclic) bond motifs is 5. The van der Waals surface area contributed by atoms with Crippen LogP contribution in [0, 0.1) is 11.3 Å². The van der Waals surface area contributed by atoms with E-state index in [1.165, 1.54) is 6.92 Å². The summed E-state index contributed by atoms with van der Waals surface area (Å²) in [6, 6.07) is 0. The number of esters is 1. The second kappa shape index (κ2) is 2.96. The summed E-state index contributed by atoms with van der Waals surface area (Å²) in [5.41, 5.74) is -2.24. The number of hydrogen-bond acceptors (Lipinski definition) is 5. The van der Waals surface area contributed by atoms with E-state index in [0.29, 0.717) is 13.0 Å². The monoisotopic (exact) mass is 238 g/mol. The molecule has 4 atom stereocenters. The van der Waals surface area contributed by atoms with Crippen molar-refractivity contribution in [3.05, 3.63) is 0 Å². The Morgan fingerprint density at radius 3 is 2.76 bits per heavy atom. The number of carbonyl (C=O) groups is 3. The van der Waals surface area contributed by atoms with Gasteiger partial charge in [-0.1, -0.05) is 0 Å². The molecular weight excluding hydrogens is 224 g/mol. The summed E-state index contributed by atoms with van der Waals surface area (Å²) in [6.45, 7) is 3.23. The average molecular weight is 238 g/mol. The number of cyclic esters (lactones) is 1. The van der Waals surface area contributed by atoms with Crippen molar-refractivity contribution in [1.82, 2.24) is 0 Å². The van der Waals surface area contributed by atoms with E-state index in [9.17, 15) is 14.4 Å². The molecule has 0 aromatic rings. The lowest BCUT2D eigenvalue weighted by Crippen LogP contribution is -2.56. The first-order valence-electron chi connectivity index (χ1n) is 5.84. The topological polar surface area (TPSA) is 69.7 Å². The largest absolute Gasteiger partial charge is 0.465 e. The van der Waals surface area contributed by atoms with E-state index in [0.717, 1.165) is 6.42 Å². The summed E-state index contributed by atoms with van der Waals surface area (Å²) in [5, 5.41) is 0. The van der Waals surface area contributed by atoms with Crippen LogP contribution in [-0.4, -0.2) is 35.8 Å². The lowest BCUT2D eigenvalue weighted by molar-refractivity contribution is -0.166. The van der Waals surface area contributed by atoms with Gasteiger partial charge in [0, 0.05) is 12.8 Å². The summed E-state index contributed by atoms with van der Waals surface area (Å²) in [5.74, 6) is -1.62. The minimum atomic E-state index is -1.26. The SMILES string of the molecule is CC(=O)C(=O)[C@]12CC[C@@H](O1)[C@H]1COC(=O)[C@@]12C. The maximum atomic E-state index is 12.1. The van der Waals surface area contributed by atoms with Crippen LogP contribution in [0.2, 0.25) is 0 Å². The normalized spacial score (nSPS) is 46.8. The van der Waals surface area contributed by atoms with Gasteiger partial charge in [-0.2, -0.15) is 0 Å². The Morgan fingerprint density at radius 1 is 1.41 bits per heavy atom. The van der Waals surface area contributed by atoms with E-state index in [4.69, 9.17) is 9.47 Å². The molecule has 3 saturated heterocycles. The van der Waals surface area contributed by atoms with Crippen molar-refractivity contribution < 1.29 is 23.9 Å². The van der Waals surface area contributed by atoms with Gasteiger partial charge in [-0.3, -0.25) is 14.4 Å². The van der Waals surface area contributed by atoms with Crippen molar-refractivity contribution in [2.24, 2.45) is 11.3 Å². The zero-order valence-electron chi connectivity index (χ0n) is 9.82. The van der Waals surface area contributed by atoms with E-state index in [1.54, 1.807) is 6.92 Å². The number of rotatable bonds is 2. The molecule has 0 aromatic heterocycles. The molecule has 0 aromatic carbocycles. The van der Waals surface area contributed by atoms with E-state index >= 15 is 0 Å². The molecular formula is C12H14O5. The highest BCUT2D eigenvalue weighted by molar-refractivity contribution is 6.40. The van der Waals surface area contributed by atoms with Crippen LogP contribution in [0.25, 0.3) is 0 Å². The molecule has 0 N–H and O–H groups in total. The maximum Gasteiger partial charge on any atom is 0.315 e. The molecule has 2 bridgehead atoms. The minimum Gasteiger partial charge on any atom is -0.465 e. The fourth-order valence-corrected chi connectivity index (χ4v) is 3.65. The average Bonchev–Trinajstić information content (AvgIpc) is 2.89. The van der Waals surface area contributed by atoms with Gasteiger partial charge in [-0.15, -0.1) is 0 Å². The number of hydrogen-bond donors (Lipinski definition) is 0. The van der Waals surface area contributed by atoms with E-state index in [2.05, 4.69) is 0 Å². The molecule has 17 heavy (non-hydrogen) atoms. The number of ketones is 2. The highest BCUT2D eigenvalue weighted by Crippen LogP contribution is 2.62. The van der Waals surface area contributed by atoms with Gasteiger partial charge in [-0.05, 0) is 19.8 Å². The summed E-state index contributed by atoms with van der Waals surface area (Å²) in [6.07, 6.45) is 1.03. The van der Waals surface area contributed by atoms with Crippen LogP contribution in [0.4, 0.5) is 0 Å². The Hall–Kier alpha value is -1.23. The van der Waals surface area contributed by atoms with Gasteiger partial charge in [0.05, 0.1) is 12.7 Å². The van der Waals surface area contributed by atoms with Crippen LogP contribution in [0.3, 0.4) is 0 Å². The molecule has 0 radical (unpaired) electrons. The van der Waals surface area contributed by atoms with Gasteiger partial charge in [0.15, 0.2) is 11.4 Å². The van der Waals surface area contributed by atoms with Crippen LogP contribution in [0.1, 0.15) is 26.7 Å². The zero-order chi connectivity index (χ0) is 12.4. The van der Waals surface area contributed by atoms with E-state index < -0.39 is 28.6 Å². The van der Waals surface area contributed by atoms with Gasteiger partial charge < -0.3 is 9.47 Å². The van der Waals surface area contributed by atoms with E-state index in [-0.39, 0.29) is 12.0 Å². The smallest absolute Gasteiger partial charge is 0.315 e. The van der Waals surface area contributed by atoms with E-state index in [1.807, 2.05) is 0 Å². The maximum absolute atomic E-state index is 12.1. The predicted molar refractivity (Wildman–Crippen MR) is 55.1 cm³/mol. The highest BCUT2D eigenvalue weighted by atomic mass is 16.6. The highest BCUT2D eigenvalue weighted by Gasteiger charge is 2.76. The van der Waals surface area contributed by atoms with Crippen LogP contribution in [0.15, 0.2) is 0 Å². The lowest BCUT2D eigenvalue weighted by Gasteiger charge is -2.36. The fraction of sp³-hybridized carbons (Fsp3) is 0.750. The quantitative estimate of drug-likeness (QED) is 0.509. The number of Topliss-reactive ketones (excluding diaryl/α,β-unsaturated/α-hetero) is 2. The molecule has 5 nitrogen and oxygen atoms in total. The fourth-order valence-electron chi connectivity index (χ4n) is 3.65. The van der Waals surface area contributed by atoms with Crippen LogP contribution < -0.4 is 0 Å². The molecule has 3 aliphatic heterocycles. The Balaban J connectivity index is 2.13. The zero-order valence-corrected chi connectivity index (χ0v) is 9.82. The third kappa shape index (κ3) is 0.972. The Morgan fingerprint density at radius 2 is 2.12 bits per heavy atom. The van der Waals surface area contributed by atoms with Crippen molar-refractivity contribution in [3.63, 3.8) is 0 Å². The summed E-state index contributed by atoms with van der Waals surface area (Å²) >= 11 is 0. The van der Waals surface area contributed by atoms with Gasteiger partial charge in [0.2, 0.25) is 5.78 Å². The molecule has 0 amide bonds. The molecule has 92 valence electrons. The number of carbonyl (C=O) groups excluding carboxylic acids is 3. The number of ether oxygens (including phenoxy) is 2. The molecule has 0 saturated carbocycles. The molecule has 0 unspecified atom stereocenters. The second-order valence-corrected chi connectivity index (χ2v) is 5.31. The van der Waals surface area contributed by atoms with Crippen molar-refractivity contribution >= 4 is 17.5 Å². The van der Waals surface area contributed by atoms with Crippen molar-refractivity contribution in [2.45, 2.75) is 38.4 Å². The Bertz CT molecular complexity index is 442. The van der Waals surface area contributed by atoms with Gasteiger partial charge in [-0.25, -0.2) is 0 Å². The summed E-state index contributed by atoms with van der Waals surface area (Å²) in [7, 11) is 0. The third-order valence-electron chi connectivity index (χ3n) is 4.67. The summed E-state index contributed by atoms with van der Waals surface area (Å²) in [4.78, 5) is 35.4. The first kappa shape index (κ1) is 10.9. The lowest BCUT2D eigenvalue weighted by atomic mass is 9.60. The standard InChI is InChI=1S/C12H14O5/c1-6(13)9(14)12-4-3-8(17-12)7-5-16-10(15)11(7,12)2/h7-8H,3-5H2,1-2H3/t7-,8-,11-,12+/m1/s1. The molecule has 3 rings (SSSR count). The van der Waals surface area contributed by atoms with Gasteiger partial charge in [0.1, 0.15) is 5.41 Å². The first-order valence-corrected chi connectivity index (χ1v) is 5.84. The molecule has 3 aliphatic rings. The van der Waals surface area contributed by atoms with Crippen molar-refractivity contribution in [2.75, 3.05) is 6.61 Å². The minimum absolute atomic E-state index is 0.0907. The van der Waals surface area contributed by atoms with Crippen molar-refractivity contribution in [3.8, 4) is 0 Å². The second-order valence-electron chi connectivity index (χ2n) is 5.31. The molecule has 3 fully saturated rings. The first-order chi connectivity index (χ1) is 7.93. The Labute approximate surface area is 98.4 Å². The molecule has 3 heterocycles. The molecule has 5 heteroatoms. The van der Waals surface area contributed by atoms with Crippen LogP contribution in [-0.2, 0) is 23.9 Å². The third-order valence-corrected chi connectivity index (χ3v) is 4.67. The Kier molecular flexibility index (Phi) is 1.90. The molecule has 0 aliphatic carbocycles. The van der Waals surface area contributed by atoms with Crippen LogP contribution >= 0.6 is 0 Å². The molecule has 0 spiro atoms. The summed E-state index contributed by atoms with van der Waals surface area (Å²) < 4.78 is 10.8. The van der Waals surface area contributed by atoms with Gasteiger partial charge in [0.25, 0.3) is 0 Å². The van der Waals surface area contributed by atoms with Crippen molar-refractivity contribution in [1.29, 1.82) is 0 Å². The van der Waals surface area contributed by atoms with Gasteiger partial charge >= 0.3 is 5.97 Å². The predicted octanol–water partition coefficient (Wildman–Crippen LogP) is 0.255. The van der Waals surface area contributed by atoms with Crippen LogP contribution in [0.5, 0.6) is 0 Å².